The molecule has 2 rings (SSSR count). The van der Waals surface area contributed by atoms with E-state index in [1.165, 1.54) is 12.1 Å². The van der Waals surface area contributed by atoms with Crippen molar-refractivity contribution in [2.75, 3.05) is 0 Å². The van der Waals surface area contributed by atoms with Crippen LogP contribution < -0.4 is 5.73 Å². The van der Waals surface area contributed by atoms with Crippen LogP contribution in [-0.4, -0.2) is 32.7 Å². The molecule has 0 aliphatic heterocycles. The highest BCUT2D eigenvalue weighted by Crippen LogP contribution is 2.38. The Hall–Kier alpha value is -1.97. The highest BCUT2D eigenvalue weighted by atomic mass is 35.5. The fraction of sp³-hybridized carbons (Fsp3) is 0.364. The van der Waals surface area contributed by atoms with Gasteiger partial charge in [-0.25, -0.2) is 9.67 Å². The molecule has 0 atom stereocenters. The first-order chi connectivity index (χ1) is 10.0. The Bertz CT molecular complexity index is 723. The number of amidine groups is 1. The van der Waals surface area contributed by atoms with Crippen LogP contribution in [0.1, 0.15) is 12.1 Å². The van der Waals surface area contributed by atoms with E-state index in [1.54, 1.807) is 0 Å². The first kappa shape index (κ1) is 16.4. The van der Waals surface area contributed by atoms with Crippen molar-refractivity contribution in [1.29, 1.82) is 5.41 Å². The van der Waals surface area contributed by atoms with Crippen LogP contribution in [0.5, 0.6) is 0 Å². The van der Waals surface area contributed by atoms with Crippen molar-refractivity contribution in [1.82, 2.24) is 14.8 Å². The summed E-state index contributed by atoms with van der Waals surface area (Å²) in [6.45, 7) is -0.760. The number of nitrogens with two attached hydrogens (primary N) is 1. The highest BCUT2D eigenvalue weighted by Gasteiger charge is 2.56. The molecule has 11 heteroatoms. The summed E-state index contributed by atoms with van der Waals surface area (Å²) in [5.41, 5.74) is 5.22. The number of aryl methyl sites for hydroxylation is 1. The van der Waals surface area contributed by atoms with Crippen LogP contribution in [0, 0.1) is 5.41 Å². The summed E-state index contributed by atoms with van der Waals surface area (Å²) in [5, 5.41) is 11.4. The van der Waals surface area contributed by atoms with Gasteiger partial charge in [0.25, 0.3) is 0 Å². The molecule has 22 heavy (non-hydrogen) atoms. The number of halogens is 6. The van der Waals surface area contributed by atoms with Gasteiger partial charge < -0.3 is 5.73 Å². The Morgan fingerprint density at radius 2 is 1.91 bits per heavy atom. The molecule has 0 amide bonds. The number of nitrogens with one attached hydrogen (secondary N) is 1. The van der Waals surface area contributed by atoms with E-state index in [-0.39, 0.29) is 21.9 Å². The number of rotatable bonds is 4. The Kier molecular flexibility index (Phi) is 3.98. The van der Waals surface area contributed by atoms with Crippen molar-refractivity contribution in [3.8, 4) is 0 Å². The molecule has 0 unspecified atom stereocenters. The van der Waals surface area contributed by atoms with Crippen LogP contribution in [0.3, 0.4) is 0 Å². The van der Waals surface area contributed by atoms with Crippen LogP contribution in [0.2, 0.25) is 5.15 Å². The predicted octanol–water partition coefficient (Wildman–Crippen LogP) is 2.96. The van der Waals surface area contributed by atoms with Gasteiger partial charge in [0.05, 0.1) is 5.39 Å². The summed E-state index contributed by atoms with van der Waals surface area (Å²) in [4.78, 5) is 3.83. The largest absolute Gasteiger partial charge is 0.453 e. The normalized spacial score (nSPS) is 12.8. The molecule has 2 aromatic rings. The Morgan fingerprint density at radius 1 is 1.27 bits per heavy atom. The SMILES string of the molecule is N=C(N)c1nn(CCC(F)(F)C(F)(F)F)c2nc(Cl)ccc12. The molecular formula is C11H9ClF5N5. The number of hydrogen-bond acceptors (Lipinski definition) is 3. The molecule has 0 saturated carbocycles. The topological polar surface area (TPSA) is 80.6 Å². The molecule has 0 saturated heterocycles. The van der Waals surface area contributed by atoms with Crippen molar-refractivity contribution < 1.29 is 22.0 Å². The molecule has 3 N–H and O–H groups in total. The van der Waals surface area contributed by atoms with Crippen LogP contribution in [0.4, 0.5) is 22.0 Å². The predicted molar refractivity (Wildman–Crippen MR) is 69.2 cm³/mol. The van der Waals surface area contributed by atoms with Gasteiger partial charge in [-0.15, -0.1) is 0 Å². The van der Waals surface area contributed by atoms with Gasteiger partial charge in [-0.05, 0) is 12.1 Å². The van der Waals surface area contributed by atoms with Gasteiger partial charge in [0.15, 0.2) is 5.65 Å². The molecule has 120 valence electrons. The van der Waals surface area contributed by atoms with Gasteiger partial charge in [-0.1, -0.05) is 11.6 Å². The van der Waals surface area contributed by atoms with Crippen molar-refractivity contribution in [3.05, 3.63) is 23.0 Å². The van der Waals surface area contributed by atoms with E-state index in [1.807, 2.05) is 0 Å². The number of fused-ring (bicyclic) bond motifs is 1. The summed E-state index contributed by atoms with van der Waals surface area (Å²) >= 11 is 5.68. The average Bonchev–Trinajstić information content (AvgIpc) is 2.73. The van der Waals surface area contributed by atoms with Crippen LogP contribution in [-0.2, 0) is 6.54 Å². The Balaban J connectivity index is 2.40. The fourth-order valence-corrected chi connectivity index (χ4v) is 1.91. The van der Waals surface area contributed by atoms with Crippen LogP contribution >= 0.6 is 11.6 Å². The molecule has 0 radical (unpaired) electrons. The number of pyridine rings is 1. The van der Waals surface area contributed by atoms with E-state index >= 15 is 0 Å². The van der Waals surface area contributed by atoms with E-state index in [0.29, 0.717) is 0 Å². The zero-order valence-electron chi connectivity index (χ0n) is 10.8. The third-order valence-corrected chi connectivity index (χ3v) is 3.08. The van der Waals surface area contributed by atoms with Gasteiger partial charge in [0.2, 0.25) is 0 Å². The standard InChI is InChI=1S/C11H9ClF5N5/c12-6-2-1-5-7(8(18)19)21-22(9(5)20-6)4-3-10(13,14)11(15,16)17/h1-2H,3-4H2,(H3,18,19). The van der Waals surface area contributed by atoms with E-state index in [9.17, 15) is 22.0 Å². The second-order valence-electron chi connectivity index (χ2n) is 4.44. The molecule has 0 aliphatic rings. The highest BCUT2D eigenvalue weighted by molar-refractivity contribution is 6.29. The lowest BCUT2D eigenvalue weighted by Gasteiger charge is -2.19. The maximum atomic E-state index is 13.0. The maximum absolute atomic E-state index is 13.0. The number of hydrogen-bond donors (Lipinski definition) is 2. The molecule has 0 fully saturated rings. The zero-order valence-corrected chi connectivity index (χ0v) is 11.5. The van der Waals surface area contributed by atoms with Gasteiger partial charge >= 0.3 is 12.1 Å². The van der Waals surface area contributed by atoms with Crippen molar-refractivity contribution in [2.45, 2.75) is 25.1 Å². The van der Waals surface area contributed by atoms with Gasteiger partial charge in [-0.3, -0.25) is 5.41 Å². The maximum Gasteiger partial charge on any atom is 0.453 e. The van der Waals surface area contributed by atoms with E-state index in [0.717, 1.165) is 4.68 Å². The molecule has 5 nitrogen and oxygen atoms in total. The molecule has 0 aromatic carbocycles. The van der Waals surface area contributed by atoms with E-state index < -0.39 is 30.9 Å². The number of aromatic nitrogens is 3. The number of nitrogen functional groups attached to an aromatic ring is 1. The quantitative estimate of drug-likeness (QED) is 0.388. The third kappa shape index (κ3) is 2.96. The zero-order chi connectivity index (χ0) is 16.7. The first-order valence-corrected chi connectivity index (χ1v) is 6.23. The molecule has 2 aromatic heterocycles. The monoisotopic (exact) mass is 341 g/mol. The summed E-state index contributed by atoms with van der Waals surface area (Å²) in [7, 11) is 0. The van der Waals surface area contributed by atoms with Crippen LogP contribution in [0.15, 0.2) is 12.1 Å². The van der Waals surface area contributed by atoms with Gasteiger partial charge in [-0.2, -0.15) is 27.1 Å². The second-order valence-corrected chi connectivity index (χ2v) is 4.83. The summed E-state index contributed by atoms with van der Waals surface area (Å²) < 4.78 is 63.3. The molecular weight excluding hydrogens is 333 g/mol. The minimum absolute atomic E-state index is 0.00586. The molecule has 0 spiro atoms. The van der Waals surface area contributed by atoms with Crippen molar-refractivity contribution >= 4 is 28.5 Å². The third-order valence-electron chi connectivity index (χ3n) is 2.87. The lowest BCUT2D eigenvalue weighted by atomic mass is 10.2. The lowest BCUT2D eigenvalue weighted by molar-refractivity contribution is -0.285. The smallest absolute Gasteiger partial charge is 0.382 e. The van der Waals surface area contributed by atoms with Gasteiger partial charge in [0.1, 0.15) is 16.7 Å². The summed E-state index contributed by atoms with van der Waals surface area (Å²) in [6.07, 6.45) is -7.16. The molecule has 2 heterocycles. The average molecular weight is 342 g/mol. The van der Waals surface area contributed by atoms with Crippen molar-refractivity contribution in [3.63, 3.8) is 0 Å². The lowest BCUT2D eigenvalue weighted by Crippen LogP contribution is -2.37. The second kappa shape index (κ2) is 5.34. The fourth-order valence-electron chi connectivity index (χ4n) is 1.77. The van der Waals surface area contributed by atoms with Crippen molar-refractivity contribution in [2.24, 2.45) is 5.73 Å². The number of alkyl halides is 5. The van der Waals surface area contributed by atoms with Gasteiger partial charge in [0, 0.05) is 13.0 Å². The molecule has 0 bridgehead atoms. The molecule has 0 aliphatic carbocycles. The van der Waals surface area contributed by atoms with Crippen LogP contribution in [0.25, 0.3) is 11.0 Å². The summed E-state index contributed by atoms with van der Waals surface area (Å²) in [5.74, 6) is -5.32. The number of nitrogens with zero attached hydrogens (tertiary/aromatic N) is 3. The van der Waals surface area contributed by atoms with E-state index in [4.69, 9.17) is 22.7 Å². The Labute approximate surface area is 125 Å². The van der Waals surface area contributed by atoms with E-state index in [2.05, 4.69) is 10.1 Å². The first-order valence-electron chi connectivity index (χ1n) is 5.85. The minimum atomic E-state index is -5.65. The minimum Gasteiger partial charge on any atom is -0.382 e. The summed E-state index contributed by atoms with van der Waals surface area (Å²) in [6, 6.07) is 2.78. The Morgan fingerprint density at radius 3 is 2.45 bits per heavy atom.